The summed E-state index contributed by atoms with van der Waals surface area (Å²) in [4.78, 5) is 14.2. The summed E-state index contributed by atoms with van der Waals surface area (Å²) in [5, 5.41) is 0. The molecule has 1 aliphatic rings. The van der Waals surface area contributed by atoms with E-state index in [4.69, 9.17) is 18.9 Å². The molecule has 2 rings (SSSR count). The molecule has 144 valence electrons. The quantitative estimate of drug-likeness (QED) is 0.598. The van der Waals surface area contributed by atoms with Gasteiger partial charge in [0.05, 0.1) is 19.8 Å². The maximum Gasteiger partial charge on any atom is 0.246 e. The Morgan fingerprint density at radius 2 is 1.96 bits per heavy atom. The van der Waals surface area contributed by atoms with Gasteiger partial charge in [0.25, 0.3) is 0 Å². The number of hydrogen-bond acceptors (Lipinski definition) is 5. The van der Waals surface area contributed by atoms with Crippen molar-refractivity contribution in [1.29, 1.82) is 0 Å². The minimum absolute atomic E-state index is 0.0867. The van der Waals surface area contributed by atoms with Crippen LogP contribution in [0.15, 0.2) is 18.2 Å². The number of nitrogens with zero attached hydrogens (tertiary/aromatic N) is 1. The fourth-order valence-corrected chi connectivity index (χ4v) is 2.87. The second-order valence-corrected chi connectivity index (χ2v) is 6.21. The zero-order valence-corrected chi connectivity index (χ0v) is 16.1. The van der Waals surface area contributed by atoms with E-state index in [9.17, 15) is 4.79 Å². The van der Waals surface area contributed by atoms with Crippen LogP contribution in [0.1, 0.15) is 25.0 Å². The Morgan fingerprint density at radius 1 is 1.27 bits per heavy atom. The summed E-state index contributed by atoms with van der Waals surface area (Å²) < 4.78 is 21.7. The van der Waals surface area contributed by atoms with Gasteiger partial charge in [0.15, 0.2) is 0 Å². The van der Waals surface area contributed by atoms with Gasteiger partial charge >= 0.3 is 0 Å². The third-order valence-corrected chi connectivity index (χ3v) is 4.18. The third-order valence-electron chi connectivity index (χ3n) is 4.18. The van der Waals surface area contributed by atoms with E-state index in [1.807, 2.05) is 26.0 Å². The molecule has 0 aliphatic carbocycles. The highest BCUT2D eigenvalue weighted by Crippen LogP contribution is 2.35. The molecule has 1 aromatic carbocycles. The standard InChI is InChI=1S/C20H29NO5/c1-5-25-18-14-17-12-15(2)26-19(17)13-16(18)6-7-20(22)21(8-10-23-3)9-11-24-4/h6-7,13-15H,5,8-12H2,1-4H3/b7-6+. The lowest BCUT2D eigenvalue weighted by molar-refractivity contribution is -0.127. The van der Waals surface area contributed by atoms with E-state index in [-0.39, 0.29) is 12.0 Å². The van der Waals surface area contributed by atoms with E-state index in [0.29, 0.717) is 32.9 Å². The number of benzene rings is 1. The van der Waals surface area contributed by atoms with Gasteiger partial charge < -0.3 is 23.8 Å². The largest absolute Gasteiger partial charge is 0.493 e. The summed E-state index contributed by atoms with van der Waals surface area (Å²) in [7, 11) is 3.24. The van der Waals surface area contributed by atoms with Crippen LogP contribution in [-0.2, 0) is 20.7 Å². The summed E-state index contributed by atoms with van der Waals surface area (Å²) in [5.74, 6) is 1.55. The summed E-state index contributed by atoms with van der Waals surface area (Å²) in [5.41, 5.74) is 1.98. The fourth-order valence-electron chi connectivity index (χ4n) is 2.87. The van der Waals surface area contributed by atoms with Crippen LogP contribution in [-0.4, -0.2) is 64.0 Å². The van der Waals surface area contributed by atoms with Crippen LogP contribution in [0.5, 0.6) is 11.5 Å². The molecule has 6 nitrogen and oxygen atoms in total. The summed E-state index contributed by atoms with van der Waals surface area (Å²) in [6.45, 7) is 6.57. The Labute approximate surface area is 155 Å². The first-order chi connectivity index (χ1) is 12.6. The van der Waals surface area contributed by atoms with E-state index in [1.54, 1.807) is 31.3 Å². The molecule has 0 spiro atoms. The molecule has 1 unspecified atom stereocenters. The Kier molecular flexibility index (Phi) is 7.94. The zero-order valence-electron chi connectivity index (χ0n) is 16.1. The molecule has 1 aromatic rings. The van der Waals surface area contributed by atoms with Gasteiger partial charge in [-0.3, -0.25) is 4.79 Å². The second-order valence-electron chi connectivity index (χ2n) is 6.21. The van der Waals surface area contributed by atoms with Crippen LogP contribution in [0.3, 0.4) is 0 Å². The number of carbonyl (C=O) groups is 1. The van der Waals surface area contributed by atoms with E-state index >= 15 is 0 Å². The number of methoxy groups -OCH3 is 2. The van der Waals surface area contributed by atoms with Crippen molar-refractivity contribution < 1.29 is 23.7 Å². The van der Waals surface area contributed by atoms with Gasteiger partial charge in [-0.15, -0.1) is 0 Å². The van der Waals surface area contributed by atoms with Crippen molar-refractivity contribution >= 4 is 12.0 Å². The van der Waals surface area contributed by atoms with Crippen molar-refractivity contribution in [1.82, 2.24) is 4.90 Å². The molecule has 1 heterocycles. The number of fused-ring (bicyclic) bond motifs is 1. The van der Waals surface area contributed by atoms with Crippen molar-refractivity contribution in [2.75, 3.05) is 47.1 Å². The lowest BCUT2D eigenvalue weighted by Crippen LogP contribution is -2.35. The fraction of sp³-hybridized carbons (Fsp3) is 0.550. The number of rotatable bonds is 10. The van der Waals surface area contributed by atoms with Gasteiger partial charge in [-0.25, -0.2) is 0 Å². The molecule has 0 saturated carbocycles. The average molecular weight is 363 g/mol. The minimum Gasteiger partial charge on any atom is -0.493 e. The molecule has 0 saturated heterocycles. The van der Waals surface area contributed by atoms with Crippen LogP contribution in [0.25, 0.3) is 6.08 Å². The third kappa shape index (κ3) is 5.47. The monoisotopic (exact) mass is 363 g/mol. The topological polar surface area (TPSA) is 57.2 Å². The molecule has 26 heavy (non-hydrogen) atoms. The molecule has 0 radical (unpaired) electrons. The Morgan fingerprint density at radius 3 is 2.58 bits per heavy atom. The molecule has 6 heteroatoms. The van der Waals surface area contributed by atoms with Gasteiger partial charge in [0, 0.05) is 50.9 Å². The Bertz CT molecular complexity index is 621. The lowest BCUT2D eigenvalue weighted by atomic mass is 10.1. The summed E-state index contributed by atoms with van der Waals surface area (Å²) in [6.07, 6.45) is 4.39. The van der Waals surface area contributed by atoms with Crippen LogP contribution in [0.2, 0.25) is 0 Å². The number of carbonyl (C=O) groups excluding carboxylic acids is 1. The zero-order chi connectivity index (χ0) is 18.9. The van der Waals surface area contributed by atoms with Gasteiger partial charge in [-0.2, -0.15) is 0 Å². The first-order valence-corrected chi connectivity index (χ1v) is 9.00. The molecule has 1 amide bonds. The van der Waals surface area contributed by atoms with Crippen LogP contribution in [0.4, 0.5) is 0 Å². The van der Waals surface area contributed by atoms with Gasteiger partial charge in [0.2, 0.25) is 5.91 Å². The Hall–Kier alpha value is -2.05. The molecule has 0 fully saturated rings. The SMILES string of the molecule is CCOc1cc2c(cc1/C=C/C(=O)N(CCOC)CCOC)OC(C)C2. The number of ether oxygens (including phenoxy) is 4. The van der Waals surface area contributed by atoms with Crippen molar-refractivity contribution in [2.45, 2.75) is 26.4 Å². The molecule has 1 atom stereocenters. The molecular weight excluding hydrogens is 334 g/mol. The highest BCUT2D eigenvalue weighted by molar-refractivity contribution is 5.92. The van der Waals surface area contributed by atoms with Crippen molar-refractivity contribution in [3.63, 3.8) is 0 Å². The predicted octanol–water partition coefficient (Wildman–Crippen LogP) is 2.54. The van der Waals surface area contributed by atoms with Crippen molar-refractivity contribution in [2.24, 2.45) is 0 Å². The highest BCUT2D eigenvalue weighted by atomic mass is 16.5. The summed E-state index contributed by atoms with van der Waals surface area (Å²) >= 11 is 0. The first kappa shape index (κ1) is 20.3. The van der Waals surface area contributed by atoms with E-state index in [2.05, 4.69) is 0 Å². The maximum absolute atomic E-state index is 12.5. The summed E-state index contributed by atoms with van der Waals surface area (Å²) in [6, 6.07) is 3.96. The minimum atomic E-state index is -0.0867. The van der Waals surface area contributed by atoms with Gasteiger partial charge in [-0.1, -0.05) is 0 Å². The first-order valence-electron chi connectivity index (χ1n) is 9.00. The molecule has 1 aliphatic heterocycles. The lowest BCUT2D eigenvalue weighted by Gasteiger charge is -2.20. The normalized spacial score (nSPS) is 15.8. The highest BCUT2D eigenvalue weighted by Gasteiger charge is 2.21. The number of hydrogen-bond donors (Lipinski definition) is 0. The van der Waals surface area contributed by atoms with Crippen molar-refractivity contribution in [3.05, 3.63) is 29.3 Å². The van der Waals surface area contributed by atoms with Gasteiger partial charge in [0.1, 0.15) is 17.6 Å². The predicted molar refractivity (Wildman–Crippen MR) is 101 cm³/mol. The maximum atomic E-state index is 12.5. The Balaban J connectivity index is 2.16. The number of amides is 1. The van der Waals surface area contributed by atoms with Crippen LogP contribution in [0, 0.1) is 0 Å². The van der Waals surface area contributed by atoms with Crippen molar-refractivity contribution in [3.8, 4) is 11.5 Å². The van der Waals surface area contributed by atoms with Crippen LogP contribution < -0.4 is 9.47 Å². The second kappa shape index (κ2) is 10.2. The smallest absolute Gasteiger partial charge is 0.246 e. The van der Waals surface area contributed by atoms with Crippen LogP contribution >= 0.6 is 0 Å². The van der Waals surface area contributed by atoms with E-state index in [1.165, 1.54) is 0 Å². The molecule has 0 bridgehead atoms. The van der Waals surface area contributed by atoms with Gasteiger partial charge in [-0.05, 0) is 32.1 Å². The van der Waals surface area contributed by atoms with E-state index in [0.717, 1.165) is 29.0 Å². The van der Waals surface area contributed by atoms with E-state index < -0.39 is 0 Å². The molecule has 0 N–H and O–H groups in total. The average Bonchev–Trinajstić information content (AvgIpc) is 2.98. The molecular formula is C20H29NO5. The molecule has 0 aromatic heterocycles.